The Labute approximate surface area is 122 Å². The van der Waals surface area contributed by atoms with Crippen molar-refractivity contribution in [3.8, 4) is 0 Å². The molecular formula is C8H6BF6NO7. The SMILES string of the molecule is COC(=O)C(N)C(OB1OC(=O)C(=O)O1)(C(F)(F)F)C(F)(F)F. The molecule has 0 bridgehead atoms. The van der Waals surface area contributed by atoms with Crippen molar-refractivity contribution >= 4 is 25.2 Å². The Kier molecular flexibility index (Phi) is 4.86. The number of alkyl halides is 6. The van der Waals surface area contributed by atoms with Gasteiger partial charge in [-0.05, 0) is 0 Å². The van der Waals surface area contributed by atoms with Gasteiger partial charge in [-0.25, -0.2) is 9.59 Å². The summed E-state index contributed by atoms with van der Waals surface area (Å²) in [4.78, 5) is 32.4. The molecule has 1 aliphatic rings. The van der Waals surface area contributed by atoms with Crippen molar-refractivity contribution in [1.29, 1.82) is 0 Å². The van der Waals surface area contributed by atoms with Crippen LogP contribution in [0.15, 0.2) is 0 Å². The fourth-order valence-electron chi connectivity index (χ4n) is 1.51. The van der Waals surface area contributed by atoms with E-state index in [-0.39, 0.29) is 0 Å². The molecule has 0 saturated carbocycles. The molecule has 8 nitrogen and oxygen atoms in total. The summed E-state index contributed by atoms with van der Waals surface area (Å²) in [6, 6.07) is -3.45. The van der Waals surface area contributed by atoms with Crippen LogP contribution in [0.5, 0.6) is 0 Å². The Morgan fingerprint density at radius 2 is 1.48 bits per heavy atom. The molecular weight excluding hydrogens is 347 g/mol. The first-order chi connectivity index (χ1) is 10.3. The van der Waals surface area contributed by atoms with Crippen LogP contribution >= 0.6 is 0 Å². The highest BCUT2D eigenvalue weighted by atomic mass is 19.4. The molecule has 1 fully saturated rings. The van der Waals surface area contributed by atoms with Crippen LogP contribution in [0.4, 0.5) is 26.3 Å². The Balaban J connectivity index is 3.37. The van der Waals surface area contributed by atoms with E-state index in [4.69, 9.17) is 5.73 Å². The van der Waals surface area contributed by atoms with E-state index in [9.17, 15) is 40.7 Å². The number of ether oxygens (including phenoxy) is 1. The van der Waals surface area contributed by atoms with Crippen molar-refractivity contribution in [3.05, 3.63) is 0 Å². The third-order valence-corrected chi connectivity index (χ3v) is 2.59. The molecule has 2 N–H and O–H groups in total. The highest BCUT2D eigenvalue weighted by Crippen LogP contribution is 2.48. The monoisotopic (exact) mass is 353 g/mol. The van der Waals surface area contributed by atoms with Crippen molar-refractivity contribution in [3.63, 3.8) is 0 Å². The minimum absolute atomic E-state index is 0.481. The van der Waals surface area contributed by atoms with Crippen LogP contribution in [0.2, 0.25) is 0 Å². The van der Waals surface area contributed by atoms with E-state index >= 15 is 0 Å². The Morgan fingerprint density at radius 3 is 1.78 bits per heavy atom. The summed E-state index contributed by atoms with van der Waals surface area (Å²) >= 11 is 0. The molecule has 0 aromatic rings. The quantitative estimate of drug-likeness (QED) is 0.310. The number of hydrogen-bond donors (Lipinski definition) is 1. The van der Waals surface area contributed by atoms with Gasteiger partial charge in [-0.15, -0.1) is 0 Å². The zero-order valence-corrected chi connectivity index (χ0v) is 10.9. The molecule has 0 aromatic heterocycles. The van der Waals surface area contributed by atoms with E-state index in [0.717, 1.165) is 0 Å². The van der Waals surface area contributed by atoms with Crippen LogP contribution in [0.1, 0.15) is 0 Å². The molecule has 1 saturated heterocycles. The van der Waals surface area contributed by atoms with Crippen LogP contribution in [-0.2, 0) is 33.1 Å². The molecule has 1 unspecified atom stereocenters. The van der Waals surface area contributed by atoms with Crippen LogP contribution < -0.4 is 5.73 Å². The van der Waals surface area contributed by atoms with Crippen molar-refractivity contribution in [2.75, 3.05) is 7.11 Å². The van der Waals surface area contributed by atoms with Gasteiger partial charge in [0.25, 0.3) is 5.60 Å². The number of carbonyl (C=O) groups excluding carboxylic acids is 3. The average molecular weight is 353 g/mol. The lowest BCUT2D eigenvalue weighted by atomic mass is 9.90. The standard InChI is InChI=1S/C8H6BF6NO7/c1-20-3(17)2(16)6(7(10,11)12,8(13,14)15)23-9-21-4(18)5(19)22-9/h2H,16H2,1H3. The molecule has 1 heterocycles. The lowest BCUT2D eigenvalue weighted by Crippen LogP contribution is -2.72. The van der Waals surface area contributed by atoms with Crippen LogP contribution in [0, 0.1) is 0 Å². The van der Waals surface area contributed by atoms with E-state index in [1.165, 1.54) is 0 Å². The predicted molar refractivity (Wildman–Crippen MR) is 53.9 cm³/mol. The third-order valence-electron chi connectivity index (χ3n) is 2.59. The maximum absolute atomic E-state index is 13.1. The number of halogens is 6. The molecule has 0 spiro atoms. The maximum Gasteiger partial charge on any atom is 0.793 e. The highest BCUT2D eigenvalue weighted by molar-refractivity contribution is 6.55. The molecule has 1 aliphatic heterocycles. The third kappa shape index (κ3) is 3.19. The zero-order valence-electron chi connectivity index (χ0n) is 10.9. The van der Waals surface area contributed by atoms with Gasteiger partial charge in [0.15, 0.2) is 0 Å². The average Bonchev–Trinajstić information content (AvgIpc) is 2.70. The summed E-state index contributed by atoms with van der Waals surface area (Å²) < 4.78 is 93.1. The number of rotatable bonds is 4. The minimum atomic E-state index is -6.32. The number of esters is 1. The van der Waals surface area contributed by atoms with Crippen molar-refractivity contribution in [2.24, 2.45) is 5.73 Å². The molecule has 0 aliphatic carbocycles. The van der Waals surface area contributed by atoms with E-state index in [2.05, 4.69) is 18.7 Å². The zero-order chi connectivity index (χ0) is 18.2. The first-order valence-electron chi connectivity index (χ1n) is 5.34. The fourth-order valence-corrected chi connectivity index (χ4v) is 1.51. The molecule has 0 amide bonds. The van der Waals surface area contributed by atoms with E-state index < -0.39 is 49.2 Å². The van der Waals surface area contributed by atoms with Crippen LogP contribution in [0.3, 0.4) is 0 Å². The highest BCUT2D eigenvalue weighted by Gasteiger charge is 2.79. The second-order valence-electron chi connectivity index (χ2n) is 3.95. The van der Waals surface area contributed by atoms with Crippen LogP contribution in [-0.4, -0.2) is 56.3 Å². The predicted octanol–water partition coefficient (Wildman–Crippen LogP) is -0.548. The number of methoxy groups -OCH3 is 1. The number of hydrogen-bond acceptors (Lipinski definition) is 8. The first-order valence-corrected chi connectivity index (χ1v) is 5.34. The summed E-state index contributed by atoms with van der Waals surface area (Å²) in [5.41, 5.74) is -0.652. The molecule has 0 aromatic carbocycles. The van der Waals surface area contributed by atoms with Crippen molar-refractivity contribution in [2.45, 2.75) is 24.0 Å². The largest absolute Gasteiger partial charge is 0.793 e. The van der Waals surface area contributed by atoms with E-state index in [1.54, 1.807) is 0 Å². The molecule has 1 atom stereocenters. The molecule has 0 radical (unpaired) electrons. The summed E-state index contributed by atoms with van der Waals surface area (Å²) in [6.07, 6.45) is -12.6. The fraction of sp³-hybridized carbons (Fsp3) is 0.625. The lowest BCUT2D eigenvalue weighted by Gasteiger charge is -2.39. The topological polar surface area (TPSA) is 114 Å². The lowest BCUT2D eigenvalue weighted by molar-refractivity contribution is -0.367. The van der Waals surface area contributed by atoms with Gasteiger partial charge in [-0.3, -0.25) is 4.79 Å². The van der Waals surface area contributed by atoms with E-state index in [0.29, 0.717) is 7.11 Å². The van der Waals surface area contributed by atoms with Crippen molar-refractivity contribution < 1.29 is 59.4 Å². The van der Waals surface area contributed by atoms with Gasteiger partial charge in [0.2, 0.25) is 0 Å². The molecule has 1 rings (SSSR count). The van der Waals surface area contributed by atoms with Crippen LogP contribution in [0.25, 0.3) is 0 Å². The molecule has 15 heteroatoms. The normalized spacial score (nSPS) is 17.7. The van der Waals surface area contributed by atoms with Gasteiger partial charge in [0.05, 0.1) is 7.11 Å². The van der Waals surface area contributed by atoms with E-state index in [1.807, 2.05) is 0 Å². The smallest absolute Gasteiger partial charge is 0.468 e. The number of carbonyl (C=O) groups is 3. The van der Waals surface area contributed by atoms with Gasteiger partial charge < -0.3 is 24.4 Å². The second kappa shape index (κ2) is 5.88. The first kappa shape index (κ1) is 19.0. The summed E-state index contributed by atoms with van der Waals surface area (Å²) in [5.74, 6) is -5.91. The summed E-state index contributed by atoms with van der Waals surface area (Å²) in [5, 5.41) is 0. The Hall–Kier alpha value is -2.03. The van der Waals surface area contributed by atoms with Gasteiger partial charge in [0.1, 0.15) is 6.04 Å². The maximum atomic E-state index is 13.1. The van der Waals surface area contributed by atoms with Gasteiger partial charge in [-0.2, -0.15) is 26.3 Å². The molecule has 130 valence electrons. The van der Waals surface area contributed by atoms with Gasteiger partial charge >= 0.3 is 37.6 Å². The molecule has 23 heavy (non-hydrogen) atoms. The summed E-state index contributed by atoms with van der Waals surface area (Å²) in [6.45, 7) is 0. The summed E-state index contributed by atoms with van der Waals surface area (Å²) in [7, 11) is -2.52. The number of nitrogens with two attached hydrogens (primary N) is 1. The second-order valence-corrected chi connectivity index (χ2v) is 3.95. The van der Waals surface area contributed by atoms with Crippen molar-refractivity contribution in [1.82, 2.24) is 0 Å². The van der Waals surface area contributed by atoms with Gasteiger partial charge in [0, 0.05) is 0 Å². The Morgan fingerprint density at radius 1 is 1.09 bits per heavy atom. The minimum Gasteiger partial charge on any atom is -0.468 e. The Bertz CT molecular complexity index is 490. The van der Waals surface area contributed by atoms with Gasteiger partial charge in [-0.1, -0.05) is 0 Å².